The Morgan fingerprint density at radius 2 is 1.88 bits per heavy atom. The maximum atomic E-state index is 12.4. The molecule has 34 heavy (non-hydrogen) atoms. The van der Waals surface area contributed by atoms with Crippen LogP contribution in [0.5, 0.6) is 5.75 Å². The third-order valence-corrected chi connectivity index (χ3v) is 6.04. The second-order valence-electron chi connectivity index (χ2n) is 9.35. The SMILES string of the molecule is COC(OC)[C@]1(COc2ccc(C(=O)OC(C)(C)C)cc2[N+](=O)[O-])C[C@H](Cl)Cc2ccccc21. The summed E-state index contributed by atoms with van der Waals surface area (Å²) >= 11 is 6.63. The number of esters is 1. The number of fused-ring (bicyclic) bond motifs is 1. The van der Waals surface area contributed by atoms with Crippen LogP contribution in [0.25, 0.3) is 0 Å². The highest BCUT2D eigenvalue weighted by Gasteiger charge is 2.48. The van der Waals surface area contributed by atoms with Crippen LogP contribution in [0.1, 0.15) is 48.7 Å². The molecular weight excluding hydrogens is 462 g/mol. The zero-order valence-electron chi connectivity index (χ0n) is 20.0. The molecule has 0 bridgehead atoms. The van der Waals surface area contributed by atoms with Crippen LogP contribution in [-0.2, 0) is 26.0 Å². The molecular formula is C25H30ClNO7. The van der Waals surface area contributed by atoms with E-state index in [4.69, 9.17) is 30.5 Å². The molecule has 8 nitrogen and oxygen atoms in total. The van der Waals surface area contributed by atoms with Crippen molar-refractivity contribution in [3.63, 3.8) is 0 Å². The third-order valence-electron chi connectivity index (χ3n) is 5.74. The first-order valence-electron chi connectivity index (χ1n) is 10.9. The Bertz CT molecular complexity index is 1050. The predicted octanol–water partition coefficient (Wildman–Crippen LogP) is 5.04. The fourth-order valence-electron chi connectivity index (χ4n) is 4.43. The minimum atomic E-state index is -0.803. The summed E-state index contributed by atoms with van der Waals surface area (Å²) in [5, 5.41) is 11.6. The van der Waals surface area contributed by atoms with Crippen molar-refractivity contribution < 1.29 is 28.7 Å². The van der Waals surface area contributed by atoms with Gasteiger partial charge < -0.3 is 18.9 Å². The van der Waals surface area contributed by atoms with Gasteiger partial charge in [-0.3, -0.25) is 10.1 Å². The lowest BCUT2D eigenvalue weighted by Crippen LogP contribution is -2.51. The molecule has 0 fully saturated rings. The van der Waals surface area contributed by atoms with Gasteiger partial charge in [0.05, 0.1) is 15.9 Å². The summed E-state index contributed by atoms with van der Waals surface area (Å²) in [6.07, 6.45) is 0.474. The van der Waals surface area contributed by atoms with E-state index >= 15 is 0 Å². The Labute approximate surface area is 204 Å². The summed E-state index contributed by atoms with van der Waals surface area (Å²) in [5.41, 5.74) is 0.216. The molecule has 184 valence electrons. The molecule has 9 heteroatoms. The number of carbonyl (C=O) groups excluding carboxylic acids is 1. The van der Waals surface area contributed by atoms with E-state index in [-0.39, 0.29) is 29.0 Å². The Morgan fingerprint density at radius 1 is 1.21 bits per heavy atom. The molecule has 0 spiro atoms. The molecule has 2 aromatic rings. The summed E-state index contributed by atoms with van der Waals surface area (Å²) < 4.78 is 22.7. The fourth-order valence-corrected chi connectivity index (χ4v) is 4.87. The van der Waals surface area contributed by atoms with Gasteiger partial charge in [0.15, 0.2) is 12.0 Å². The molecule has 0 unspecified atom stereocenters. The van der Waals surface area contributed by atoms with E-state index in [0.29, 0.717) is 12.8 Å². The molecule has 2 atom stereocenters. The first-order chi connectivity index (χ1) is 16.0. The number of hydrogen-bond donors (Lipinski definition) is 0. The highest BCUT2D eigenvalue weighted by atomic mass is 35.5. The minimum absolute atomic E-state index is 0.0200. The third kappa shape index (κ3) is 5.51. The summed E-state index contributed by atoms with van der Waals surface area (Å²) in [6.45, 7) is 5.20. The van der Waals surface area contributed by atoms with E-state index < -0.39 is 28.2 Å². The number of methoxy groups -OCH3 is 2. The average molecular weight is 492 g/mol. The first-order valence-corrected chi connectivity index (χ1v) is 11.4. The molecule has 2 aromatic carbocycles. The zero-order valence-corrected chi connectivity index (χ0v) is 20.8. The number of nitro benzene ring substituents is 1. The van der Waals surface area contributed by atoms with E-state index in [1.807, 2.05) is 24.3 Å². The van der Waals surface area contributed by atoms with Crippen LogP contribution < -0.4 is 4.74 Å². The maximum absolute atomic E-state index is 12.4. The van der Waals surface area contributed by atoms with Crippen molar-refractivity contribution in [2.75, 3.05) is 20.8 Å². The lowest BCUT2D eigenvalue weighted by Gasteiger charge is -2.44. The number of rotatable bonds is 8. The van der Waals surface area contributed by atoms with E-state index in [1.54, 1.807) is 20.8 Å². The van der Waals surface area contributed by atoms with Gasteiger partial charge in [0.2, 0.25) is 0 Å². The number of ether oxygens (including phenoxy) is 4. The number of hydrogen-bond acceptors (Lipinski definition) is 7. The number of alkyl halides is 1. The van der Waals surface area contributed by atoms with E-state index in [0.717, 1.165) is 11.1 Å². The molecule has 0 aliphatic heterocycles. The number of halogens is 1. The molecule has 0 N–H and O–H groups in total. The zero-order chi connectivity index (χ0) is 25.1. The number of benzene rings is 2. The van der Waals surface area contributed by atoms with Crippen LogP contribution in [0, 0.1) is 10.1 Å². The summed E-state index contributed by atoms with van der Waals surface area (Å²) in [5.74, 6) is -0.625. The van der Waals surface area contributed by atoms with Crippen LogP contribution in [0.15, 0.2) is 42.5 Å². The Balaban J connectivity index is 1.98. The quantitative estimate of drug-likeness (QED) is 0.168. The molecule has 0 heterocycles. The summed E-state index contributed by atoms with van der Waals surface area (Å²) in [4.78, 5) is 23.6. The van der Waals surface area contributed by atoms with E-state index in [1.165, 1.54) is 32.4 Å². The van der Waals surface area contributed by atoms with Crippen LogP contribution in [0.3, 0.4) is 0 Å². The predicted molar refractivity (Wildman–Crippen MR) is 128 cm³/mol. The molecule has 0 radical (unpaired) electrons. The van der Waals surface area contributed by atoms with Crippen molar-refractivity contribution >= 4 is 23.3 Å². The van der Waals surface area contributed by atoms with Gasteiger partial charge in [-0.1, -0.05) is 24.3 Å². The Kier molecular flexibility index (Phi) is 7.85. The number of nitrogens with zero attached hydrogens (tertiary/aromatic N) is 1. The van der Waals surface area contributed by atoms with Crippen molar-refractivity contribution in [1.29, 1.82) is 0 Å². The van der Waals surface area contributed by atoms with Gasteiger partial charge in [-0.25, -0.2) is 4.79 Å². The Morgan fingerprint density at radius 3 is 2.50 bits per heavy atom. The van der Waals surface area contributed by atoms with Crippen molar-refractivity contribution in [1.82, 2.24) is 0 Å². The highest BCUT2D eigenvalue weighted by Crippen LogP contribution is 2.44. The maximum Gasteiger partial charge on any atom is 0.338 e. The second kappa shape index (κ2) is 10.3. The number of nitro groups is 1. The molecule has 1 aliphatic rings. The van der Waals surface area contributed by atoms with Gasteiger partial charge in [0.25, 0.3) is 0 Å². The van der Waals surface area contributed by atoms with E-state index in [2.05, 4.69) is 0 Å². The highest BCUT2D eigenvalue weighted by molar-refractivity contribution is 6.21. The molecule has 0 aromatic heterocycles. The van der Waals surface area contributed by atoms with Crippen LogP contribution >= 0.6 is 11.6 Å². The van der Waals surface area contributed by atoms with Gasteiger partial charge in [0, 0.05) is 25.7 Å². The standard InChI is InChI=1S/C25H30ClNO7/c1-24(2,3)34-22(28)17-10-11-21(20(13-17)27(29)30)33-15-25(23(31-4)32-5)14-18(26)12-16-8-6-7-9-19(16)25/h6-11,13,18,23H,12,14-15H2,1-5H3/t18-,25+/m1/s1. The van der Waals surface area contributed by atoms with Gasteiger partial charge in [0.1, 0.15) is 12.2 Å². The van der Waals surface area contributed by atoms with Crippen molar-refractivity contribution in [3.8, 4) is 5.75 Å². The molecule has 0 saturated carbocycles. The average Bonchev–Trinajstić information content (AvgIpc) is 2.77. The van der Waals surface area contributed by atoms with Crippen LogP contribution in [0.4, 0.5) is 5.69 Å². The van der Waals surface area contributed by atoms with Gasteiger partial charge >= 0.3 is 11.7 Å². The minimum Gasteiger partial charge on any atom is -0.486 e. The molecule has 1 aliphatic carbocycles. The lowest BCUT2D eigenvalue weighted by molar-refractivity contribution is -0.386. The monoisotopic (exact) mass is 491 g/mol. The van der Waals surface area contributed by atoms with Crippen LogP contribution in [0.2, 0.25) is 0 Å². The molecule has 0 amide bonds. The van der Waals surface area contributed by atoms with Crippen molar-refractivity contribution in [2.24, 2.45) is 0 Å². The topological polar surface area (TPSA) is 97.1 Å². The lowest BCUT2D eigenvalue weighted by atomic mass is 9.69. The normalized spacial score (nSPS) is 20.0. The summed E-state index contributed by atoms with van der Waals surface area (Å²) in [7, 11) is 3.07. The van der Waals surface area contributed by atoms with Crippen LogP contribution in [-0.4, -0.2) is 49.0 Å². The second-order valence-corrected chi connectivity index (χ2v) is 9.97. The van der Waals surface area contributed by atoms with E-state index in [9.17, 15) is 14.9 Å². The first kappa shape index (κ1) is 25.9. The molecule has 3 rings (SSSR count). The Hall–Kier alpha value is -2.68. The van der Waals surface area contributed by atoms with Crippen molar-refractivity contribution in [3.05, 3.63) is 69.3 Å². The largest absolute Gasteiger partial charge is 0.486 e. The molecule has 0 saturated heterocycles. The smallest absolute Gasteiger partial charge is 0.338 e. The number of carbonyl (C=O) groups is 1. The van der Waals surface area contributed by atoms with Gasteiger partial charge in [-0.05, 0) is 56.9 Å². The van der Waals surface area contributed by atoms with Gasteiger partial charge in [-0.15, -0.1) is 11.6 Å². The van der Waals surface area contributed by atoms with Crippen molar-refractivity contribution in [2.45, 2.75) is 56.3 Å². The fraction of sp³-hybridized carbons (Fsp3) is 0.480. The van der Waals surface area contributed by atoms with Gasteiger partial charge in [-0.2, -0.15) is 0 Å². The summed E-state index contributed by atoms with van der Waals surface area (Å²) in [6, 6.07) is 11.9.